The van der Waals surface area contributed by atoms with Gasteiger partial charge < -0.3 is 5.11 Å². The second-order valence-corrected chi connectivity index (χ2v) is 6.69. The minimum absolute atomic E-state index is 0.429. The molecule has 1 fully saturated rings. The Kier molecular flexibility index (Phi) is 3.59. The van der Waals surface area contributed by atoms with Crippen LogP contribution in [0.3, 0.4) is 0 Å². The number of rotatable bonds is 3. The highest BCUT2D eigenvalue weighted by atomic mass is 127. The molecule has 2 rings (SSSR count). The van der Waals surface area contributed by atoms with Gasteiger partial charge in [0.1, 0.15) is 0 Å². The minimum atomic E-state index is -0.429. The van der Waals surface area contributed by atoms with E-state index in [0.29, 0.717) is 11.8 Å². The summed E-state index contributed by atoms with van der Waals surface area (Å²) >= 11 is 2.31. The summed E-state index contributed by atoms with van der Waals surface area (Å²) in [4.78, 5) is 0. The van der Waals surface area contributed by atoms with Crippen LogP contribution in [0.15, 0.2) is 24.3 Å². The minimum Gasteiger partial charge on any atom is -0.390 e. The van der Waals surface area contributed by atoms with Crippen LogP contribution in [-0.4, -0.2) is 10.7 Å². The Balaban J connectivity index is 1.94. The van der Waals surface area contributed by atoms with Crippen LogP contribution in [0.2, 0.25) is 0 Å². The molecule has 1 nitrogen and oxygen atoms in total. The fourth-order valence-electron chi connectivity index (χ4n) is 2.51. The molecule has 0 spiro atoms. The zero-order valence-electron chi connectivity index (χ0n) is 9.91. The summed E-state index contributed by atoms with van der Waals surface area (Å²) in [7, 11) is 0. The lowest BCUT2D eigenvalue weighted by Gasteiger charge is -2.46. The van der Waals surface area contributed by atoms with Crippen LogP contribution in [0.25, 0.3) is 0 Å². The molecule has 1 saturated carbocycles. The van der Waals surface area contributed by atoms with E-state index in [2.05, 4.69) is 60.7 Å². The van der Waals surface area contributed by atoms with Gasteiger partial charge in [-0.3, -0.25) is 0 Å². The van der Waals surface area contributed by atoms with Crippen LogP contribution in [0.1, 0.15) is 32.3 Å². The van der Waals surface area contributed by atoms with Crippen molar-refractivity contribution in [2.24, 2.45) is 11.8 Å². The molecule has 0 unspecified atom stereocenters. The molecule has 0 radical (unpaired) electrons. The molecule has 88 valence electrons. The molecule has 1 N–H and O–H groups in total. The van der Waals surface area contributed by atoms with Crippen LogP contribution in [0.5, 0.6) is 0 Å². The van der Waals surface area contributed by atoms with Gasteiger partial charge in [-0.2, -0.15) is 0 Å². The maximum atomic E-state index is 10.4. The highest BCUT2D eigenvalue weighted by Gasteiger charge is 2.43. The summed E-state index contributed by atoms with van der Waals surface area (Å²) in [5.74, 6) is 1.42. The van der Waals surface area contributed by atoms with E-state index in [-0.39, 0.29) is 0 Å². The zero-order chi connectivity index (χ0) is 11.8. The third-order valence-electron chi connectivity index (χ3n) is 3.67. The van der Waals surface area contributed by atoms with Gasteiger partial charge >= 0.3 is 0 Å². The van der Waals surface area contributed by atoms with E-state index in [1.807, 2.05) is 0 Å². The number of benzene rings is 1. The van der Waals surface area contributed by atoms with E-state index >= 15 is 0 Å². The first-order chi connectivity index (χ1) is 7.48. The molecule has 0 atom stereocenters. The third kappa shape index (κ3) is 2.77. The Morgan fingerprint density at radius 1 is 1.31 bits per heavy atom. The number of hydrogen-bond donors (Lipinski definition) is 1. The molecule has 0 aliphatic heterocycles. The van der Waals surface area contributed by atoms with Crippen LogP contribution in [0.4, 0.5) is 0 Å². The van der Waals surface area contributed by atoms with Gasteiger partial charge in [0.25, 0.3) is 0 Å². The normalized spacial score (nSPS) is 29.2. The van der Waals surface area contributed by atoms with E-state index in [1.165, 1.54) is 9.13 Å². The molecule has 0 heterocycles. The quantitative estimate of drug-likeness (QED) is 0.839. The summed E-state index contributed by atoms with van der Waals surface area (Å²) in [6.07, 6.45) is 2.75. The van der Waals surface area contributed by atoms with Crippen LogP contribution in [0, 0.1) is 15.4 Å². The molecule has 16 heavy (non-hydrogen) atoms. The Morgan fingerprint density at radius 2 is 1.88 bits per heavy atom. The molecule has 0 bridgehead atoms. The first kappa shape index (κ1) is 12.4. The molecular formula is C14H19IO. The van der Waals surface area contributed by atoms with Crippen molar-refractivity contribution in [1.29, 1.82) is 0 Å². The monoisotopic (exact) mass is 330 g/mol. The second kappa shape index (κ2) is 4.65. The molecule has 1 aromatic rings. The van der Waals surface area contributed by atoms with Crippen LogP contribution < -0.4 is 0 Å². The first-order valence-corrected chi connectivity index (χ1v) is 7.03. The zero-order valence-corrected chi connectivity index (χ0v) is 12.1. The van der Waals surface area contributed by atoms with Crippen molar-refractivity contribution in [3.63, 3.8) is 0 Å². The first-order valence-electron chi connectivity index (χ1n) is 5.95. The van der Waals surface area contributed by atoms with Gasteiger partial charge in [0.05, 0.1) is 5.60 Å². The van der Waals surface area contributed by atoms with E-state index < -0.39 is 5.60 Å². The number of aliphatic hydroxyl groups is 1. The van der Waals surface area contributed by atoms with Crippen molar-refractivity contribution in [2.75, 3.05) is 0 Å². The number of hydrogen-bond acceptors (Lipinski definition) is 1. The Morgan fingerprint density at radius 3 is 2.38 bits per heavy atom. The highest BCUT2D eigenvalue weighted by molar-refractivity contribution is 14.1. The molecule has 1 aliphatic carbocycles. The van der Waals surface area contributed by atoms with Crippen molar-refractivity contribution in [2.45, 2.75) is 38.7 Å². The lowest BCUT2D eigenvalue weighted by atomic mass is 9.64. The van der Waals surface area contributed by atoms with Gasteiger partial charge in [0.2, 0.25) is 0 Å². The van der Waals surface area contributed by atoms with Crippen molar-refractivity contribution >= 4 is 22.6 Å². The smallest absolute Gasteiger partial charge is 0.0693 e. The maximum Gasteiger partial charge on any atom is 0.0693 e. The molecule has 2 heteroatoms. The molecule has 1 aromatic carbocycles. The predicted molar refractivity (Wildman–Crippen MR) is 75.4 cm³/mol. The topological polar surface area (TPSA) is 20.2 Å². The van der Waals surface area contributed by atoms with Gasteiger partial charge in [-0.05, 0) is 65.0 Å². The fraction of sp³-hybridized carbons (Fsp3) is 0.571. The summed E-state index contributed by atoms with van der Waals surface area (Å²) in [5.41, 5.74) is 0.826. The SMILES string of the molecule is CC(C)C1CC(O)(Cc2ccc(I)cc2)C1. The molecular weight excluding hydrogens is 311 g/mol. The highest BCUT2D eigenvalue weighted by Crippen LogP contribution is 2.43. The fourth-order valence-corrected chi connectivity index (χ4v) is 2.87. The van der Waals surface area contributed by atoms with E-state index in [0.717, 1.165) is 19.3 Å². The Hall–Kier alpha value is -0.0900. The lowest BCUT2D eigenvalue weighted by Crippen LogP contribution is -2.47. The average molecular weight is 330 g/mol. The summed E-state index contributed by atoms with van der Waals surface area (Å²) in [6.45, 7) is 4.49. The standard InChI is InChI=1S/C14H19IO/c1-10(2)12-8-14(16,9-12)7-11-3-5-13(15)6-4-11/h3-6,10,12,16H,7-9H2,1-2H3. The van der Waals surface area contributed by atoms with Gasteiger partial charge in [-0.1, -0.05) is 26.0 Å². The third-order valence-corrected chi connectivity index (χ3v) is 4.39. The second-order valence-electron chi connectivity index (χ2n) is 5.44. The van der Waals surface area contributed by atoms with Crippen molar-refractivity contribution < 1.29 is 5.11 Å². The predicted octanol–water partition coefficient (Wildman–Crippen LogP) is 3.63. The maximum absolute atomic E-state index is 10.4. The average Bonchev–Trinajstić information content (AvgIpc) is 2.17. The van der Waals surface area contributed by atoms with E-state index in [4.69, 9.17) is 0 Å². The van der Waals surface area contributed by atoms with Crippen molar-refractivity contribution in [1.82, 2.24) is 0 Å². The molecule has 1 aliphatic rings. The van der Waals surface area contributed by atoms with Crippen LogP contribution >= 0.6 is 22.6 Å². The largest absolute Gasteiger partial charge is 0.390 e. The van der Waals surface area contributed by atoms with Gasteiger partial charge in [-0.25, -0.2) is 0 Å². The van der Waals surface area contributed by atoms with Crippen LogP contribution in [-0.2, 0) is 6.42 Å². The summed E-state index contributed by atoms with van der Waals surface area (Å²) in [5, 5.41) is 10.4. The number of halogens is 1. The van der Waals surface area contributed by atoms with Gasteiger partial charge in [0.15, 0.2) is 0 Å². The van der Waals surface area contributed by atoms with E-state index in [1.54, 1.807) is 0 Å². The Bertz CT molecular complexity index is 350. The molecule has 0 aromatic heterocycles. The van der Waals surface area contributed by atoms with Crippen molar-refractivity contribution in [3.8, 4) is 0 Å². The Labute approximate surface area is 111 Å². The van der Waals surface area contributed by atoms with Crippen molar-refractivity contribution in [3.05, 3.63) is 33.4 Å². The lowest BCUT2D eigenvalue weighted by molar-refractivity contribution is -0.0860. The molecule has 0 amide bonds. The van der Waals surface area contributed by atoms with Gasteiger partial charge in [0, 0.05) is 9.99 Å². The summed E-state index contributed by atoms with van der Waals surface area (Å²) < 4.78 is 1.25. The van der Waals surface area contributed by atoms with E-state index in [9.17, 15) is 5.11 Å². The summed E-state index contributed by atoms with van der Waals surface area (Å²) in [6, 6.07) is 8.47. The molecule has 0 saturated heterocycles. The van der Waals surface area contributed by atoms with Gasteiger partial charge in [-0.15, -0.1) is 0 Å².